The summed E-state index contributed by atoms with van der Waals surface area (Å²) < 4.78 is 59.0. The summed E-state index contributed by atoms with van der Waals surface area (Å²) in [6.45, 7) is -1.04. The van der Waals surface area contributed by atoms with E-state index in [2.05, 4.69) is 28.1 Å². The average Bonchev–Trinajstić information content (AvgIpc) is 3.38. The highest BCUT2D eigenvalue weighted by molar-refractivity contribution is 7.66. The molecule has 20 nitrogen and oxygen atoms in total. The van der Waals surface area contributed by atoms with Gasteiger partial charge in [0.25, 0.3) is 0 Å². The molecule has 0 radical (unpaired) electrons. The molecule has 0 aliphatic carbocycles. The van der Waals surface area contributed by atoms with Gasteiger partial charge >= 0.3 is 29.4 Å². The smallest absolute Gasteiger partial charge is 0.453 e. The number of esters is 1. The number of phosphoric ester groups is 1. The fraction of sp³-hybridized carbons (Fsp3) is 0.294. The second kappa shape index (κ2) is 11.2. The standard InChI is InChI=1S/C17H21N6O14P3/c18-9-4-2-1-3-8(9)17(25)35-13-10(5-33-39(29,30)37-40(31,32)36-38(26,27)28)34-16(12(13)24)23-7-22-11-14(19)20-6-21-15(11)23/h1-4,6-7,10,12-13,16,24H,5,18H2,(H,29,30)(H,31,32)(H2,19,20,21)(H2,26,27,28). The van der Waals surface area contributed by atoms with E-state index in [1.54, 1.807) is 6.07 Å². The van der Waals surface area contributed by atoms with Gasteiger partial charge in [0, 0.05) is 5.69 Å². The van der Waals surface area contributed by atoms with Crippen LogP contribution < -0.4 is 11.5 Å². The molecule has 9 N–H and O–H groups in total. The number of anilines is 2. The van der Waals surface area contributed by atoms with Crippen LogP contribution in [0.15, 0.2) is 36.9 Å². The molecule has 3 aromatic rings. The third-order valence-corrected chi connectivity index (χ3v) is 9.01. The van der Waals surface area contributed by atoms with Crippen LogP contribution in [-0.4, -0.2) is 75.1 Å². The van der Waals surface area contributed by atoms with Crippen LogP contribution in [0, 0.1) is 0 Å². The first-order valence-electron chi connectivity index (χ1n) is 10.7. The number of aliphatic hydroxyl groups excluding tert-OH is 1. The third kappa shape index (κ3) is 6.90. The average molecular weight is 626 g/mol. The monoisotopic (exact) mass is 626 g/mol. The summed E-state index contributed by atoms with van der Waals surface area (Å²) in [5.41, 5.74) is 11.8. The van der Waals surface area contributed by atoms with Crippen molar-refractivity contribution in [3.63, 3.8) is 0 Å². The van der Waals surface area contributed by atoms with E-state index in [1.807, 2.05) is 0 Å². The number of nitrogens with two attached hydrogens (primary N) is 2. The van der Waals surface area contributed by atoms with E-state index in [0.717, 1.165) is 6.33 Å². The number of carbonyl (C=O) groups excluding carboxylic acids is 1. The lowest BCUT2D eigenvalue weighted by Gasteiger charge is -2.22. The molecule has 0 amide bonds. The zero-order chi connectivity index (χ0) is 29.5. The number of aromatic nitrogens is 4. The molecule has 1 aliphatic rings. The van der Waals surface area contributed by atoms with E-state index in [-0.39, 0.29) is 28.2 Å². The summed E-state index contributed by atoms with van der Waals surface area (Å²) in [6, 6.07) is 5.79. The van der Waals surface area contributed by atoms with Crippen LogP contribution in [0.5, 0.6) is 0 Å². The van der Waals surface area contributed by atoms with Gasteiger partial charge in [-0.15, -0.1) is 0 Å². The number of phosphoric acid groups is 3. The minimum atomic E-state index is -5.81. The van der Waals surface area contributed by atoms with Crippen molar-refractivity contribution in [1.29, 1.82) is 0 Å². The van der Waals surface area contributed by atoms with Crippen LogP contribution in [0.4, 0.5) is 11.5 Å². The molecular formula is C17H21N6O14P3. The van der Waals surface area contributed by atoms with Gasteiger partial charge in [0.2, 0.25) is 0 Å². The van der Waals surface area contributed by atoms with Gasteiger partial charge in [-0.25, -0.2) is 33.4 Å². The second-order valence-corrected chi connectivity index (χ2v) is 12.4. The lowest BCUT2D eigenvalue weighted by atomic mass is 10.1. The molecule has 23 heteroatoms. The number of nitrogen functional groups attached to an aromatic ring is 2. The Morgan fingerprint density at radius 3 is 2.40 bits per heavy atom. The molecule has 1 aliphatic heterocycles. The highest BCUT2D eigenvalue weighted by atomic mass is 31.3. The number of hydrogen-bond donors (Lipinski definition) is 7. The van der Waals surface area contributed by atoms with Crippen molar-refractivity contribution in [3.8, 4) is 0 Å². The van der Waals surface area contributed by atoms with Gasteiger partial charge in [-0.05, 0) is 12.1 Å². The number of fused-ring (bicyclic) bond motifs is 1. The van der Waals surface area contributed by atoms with Crippen LogP contribution in [-0.2, 0) is 36.3 Å². The van der Waals surface area contributed by atoms with Gasteiger partial charge < -0.3 is 45.6 Å². The lowest BCUT2D eigenvalue weighted by molar-refractivity contribution is -0.0520. The fourth-order valence-electron chi connectivity index (χ4n) is 3.63. The van der Waals surface area contributed by atoms with Gasteiger partial charge in [-0.1, -0.05) is 12.1 Å². The number of carbonyl (C=O) groups is 1. The molecule has 6 unspecified atom stereocenters. The van der Waals surface area contributed by atoms with Crippen LogP contribution in [0.1, 0.15) is 16.6 Å². The van der Waals surface area contributed by atoms with Gasteiger partial charge in [-0.2, -0.15) is 8.62 Å². The molecule has 3 heterocycles. The number of rotatable bonds is 10. The molecule has 1 saturated heterocycles. The molecule has 40 heavy (non-hydrogen) atoms. The fourth-order valence-corrected chi connectivity index (χ4v) is 6.66. The van der Waals surface area contributed by atoms with E-state index >= 15 is 0 Å². The molecule has 4 rings (SSSR count). The number of ether oxygens (including phenoxy) is 2. The molecule has 218 valence electrons. The molecular weight excluding hydrogens is 605 g/mol. The van der Waals surface area contributed by atoms with Crippen molar-refractivity contribution in [3.05, 3.63) is 42.5 Å². The Labute approximate surface area is 222 Å². The highest BCUT2D eigenvalue weighted by Gasteiger charge is 2.49. The molecule has 6 atom stereocenters. The van der Waals surface area contributed by atoms with E-state index in [4.69, 9.17) is 30.7 Å². The molecule has 0 bridgehead atoms. The Bertz CT molecular complexity index is 1560. The summed E-state index contributed by atoms with van der Waals surface area (Å²) >= 11 is 0. The van der Waals surface area contributed by atoms with Crippen LogP contribution >= 0.6 is 23.5 Å². The second-order valence-electron chi connectivity index (χ2n) is 7.98. The maximum absolute atomic E-state index is 12.8. The molecule has 0 saturated carbocycles. The quantitative estimate of drug-likeness (QED) is 0.0871. The normalized spacial score (nSPS) is 24.4. The van der Waals surface area contributed by atoms with Gasteiger partial charge in [0.05, 0.1) is 18.5 Å². The topological polar surface area (TPSA) is 311 Å². The number of imidazole rings is 1. The predicted molar refractivity (Wildman–Crippen MR) is 130 cm³/mol. The number of hydrogen-bond acceptors (Lipinski definition) is 15. The minimum Gasteiger partial charge on any atom is -0.453 e. The van der Waals surface area contributed by atoms with Gasteiger partial charge in [0.1, 0.15) is 24.1 Å². The highest BCUT2D eigenvalue weighted by Crippen LogP contribution is 2.66. The first-order chi connectivity index (χ1) is 18.6. The van der Waals surface area contributed by atoms with Crippen molar-refractivity contribution >= 4 is 52.1 Å². The Balaban J connectivity index is 1.59. The number of nitrogens with zero attached hydrogens (tertiary/aromatic N) is 4. The Morgan fingerprint density at radius 2 is 1.73 bits per heavy atom. The van der Waals surface area contributed by atoms with E-state index in [9.17, 15) is 33.4 Å². The number of aliphatic hydroxyl groups is 1. The Kier molecular flexibility index (Phi) is 8.45. The summed E-state index contributed by atoms with van der Waals surface area (Å²) in [4.78, 5) is 61.2. The Morgan fingerprint density at radius 1 is 1.02 bits per heavy atom. The predicted octanol–water partition coefficient (Wildman–Crippen LogP) is -0.182. The zero-order valence-electron chi connectivity index (χ0n) is 19.7. The SMILES string of the molecule is Nc1ccccc1C(=O)OC1C(COP(=O)(O)OP(=O)(O)OP(=O)(O)O)OC(n2cnc3c(N)ncnc32)C1O. The summed E-state index contributed by atoms with van der Waals surface area (Å²) in [5, 5.41) is 11.1. The third-order valence-electron chi connectivity index (χ3n) is 5.21. The first-order valence-corrected chi connectivity index (χ1v) is 15.2. The maximum atomic E-state index is 12.8. The van der Waals surface area contributed by atoms with Gasteiger partial charge in [0.15, 0.2) is 23.8 Å². The van der Waals surface area contributed by atoms with Crippen molar-refractivity contribution in [2.45, 2.75) is 24.5 Å². The summed E-state index contributed by atoms with van der Waals surface area (Å²) in [5.74, 6) is -1.01. The summed E-state index contributed by atoms with van der Waals surface area (Å²) in [6.07, 6.45) is -3.99. The number of benzene rings is 1. The minimum absolute atomic E-state index is 0.00276. The van der Waals surface area contributed by atoms with Crippen molar-refractivity contribution in [2.75, 3.05) is 18.1 Å². The first kappa shape index (κ1) is 30.1. The van der Waals surface area contributed by atoms with E-state index in [1.165, 1.54) is 29.1 Å². The summed E-state index contributed by atoms with van der Waals surface area (Å²) in [7, 11) is -17.0. The molecule has 1 aromatic carbocycles. The van der Waals surface area contributed by atoms with Crippen LogP contribution in [0.3, 0.4) is 0 Å². The largest absolute Gasteiger partial charge is 0.490 e. The zero-order valence-corrected chi connectivity index (χ0v) is 22.4. The van der Waals surface area contributed by atoms with E-state index < -0.39 is 60.6 Å². The lowest BCUT2D eigenvalue weighted by Crippen LogP contribution is -2.38. The van der Waals surface area contributed by atoms with Crippen molar-refractivity contribution < 1.29 is 65.8 Å². The van der Waals surface area contributed by atoms with E-state index in [0.29, 0.717) is 0 Å². The van der Waals surface area contributed by atoms with Crippen molar-refractivity contribution in [2.24, 2.45) is 0 Å². The van der Waals surface area contributed by atoms with Crippen LogP contribution in [0.25, 0.3) is 11.2 Å². The molecule has 2 aromatic heterocycles. The molecule has 1 fully saturated rings. The van der Waals surface area contributed by atoms with Crippen molar-refractivity contribution in [1.82, 2.24) is 19.5 Å². The molecule has 0 spiro atoms. The maximum Gasteiger partial charge on any atom is 0.490 e. The number of para-hydroxylation sites is 1. The van der Waals surface area contributed by atoms with Crippen LogP contribution in [0.2, 0.25) is 0 Å². The Hall–Kier alpha value is -2.83. The van der Waals surface area contributed by atoms with Gasteiger partial charge in [-0.3, -0.25) is 9.09 Å².